The van der Waals surface area contributed by atoms with Gasteiger partial charge < -0.3 is 25.3 Å². The number of nitrogens with one attached hydrogen (secondary N) is 2. The summed E-state index contributed by atoms with van der Waals surface area (Å²) in [5.41, 5.74) is -0.110. The van der Waals surface area contributed by atoms with Crippen molar-refractivity contribution in [3.8, 4) is 0 Å². The van der Waals surface area contributed by atoms with Crippen molar-refractivity contribution in [1.82, 2.24) is 30.2 Å². The van der Waals surface area contributed by atoms with Crippen LogP contribution in [0.25, 0.3) is 0 Å². The highest BCUT2D eigenvalue weighted by Gasteiger charge is 2.40. The zero-order chi connectivity index (χ0) is 35.1. The van der Waals surface area contributed by atoms with Gasteiger partial charge in [-0.3, -0.25) is 24.1 Å². The normalized spacial score (nSPS) is 21.5. The van der Waals surface area contributed by atoms with Crippen molar-refractivity contribution in [2.24, 2.45) is 16.7 Å². The third kappa shape index (κ3) is 10.8. The second-order valence-electron chi connectivity index (χ2n) is 16.5. The Labute approximate surface area is 280 Å². The van der Waals surface area contributed by atoms with E-state index in [1.165, 1.54) is 0 Å². The highest BCUT2D eigenvalue weighted by Crippen LogP contribution is 2.27. The number of carbonyl (C=O) groups is 4. The van der Waals surface area contributed by atoms with Crippen LogP contribution >= 0.6 is 0 Å². The zero-order valence-corrected chi connectivity index (χ0v) is 31.3. The minimum absolute atomic E-state index is 0.0133. The summed E-state index contributed by atoms with van der Waals surface area (Å²) in [5.74, 6) is -0.554. The van der Waals surface area contributed by atoms with E-state index in [1.54, 1.807) is 23.8 Å². The first-order chi connectivity index (χ1) is 21.2. The van der Waals surface area contributed by atoms with Gasteiger partial charge >= 0.3 is 0 Å². The zero-order valence-electron chi connectivity index (χ0n) is 31.3. The van der Waals surface area contributed by atoms with Crippen molar-refractivity contribution >= 4 is 23.6 Å². The van der Waals surface area contributed by atoms with Gasteiger partial charge in [0.05, 0.1) is 12.1 Å². The quantitative estimate of drug-likeness (QED) is 0.294. The molecule has 2 aliphatic heterocycles. The third-order valence-electron chi connectivity index (χ3n) is 9.45. The summed E-state index contributed by atoms with van der Waals surface area (Å²) in [7, 11) is 5.79. The number of nitrogens with zero attached hydrogens (tertiary/aromatic N) is 4. The number of hydrogen-bond donors (Lipinski definition) is 2. The topological polar surface area (TPSA) is 105 Å². The summed E-state index contributed by atoms with van der Waals surface area (Å²) >= 11 is 0. The minimum atomic E-state index is -0.727. The number of amides is 4. The van der Waals surface area contributed by atoms with E-state index in [1.807, 2.05) is 54.8 Å². The lowest BCUT2D eigenvalue weighted by molar-refractivity contribution is -0.142. The van der Waals surface area contributed by atoms with Gasteiger partial charge in [-0.25, -0.2) is 0 Å². The van der Waals surface area contributed by atoms with Gasteiger partial charge in [0.15, 0.2) is 0 Å². The maximum atomic E-state index is 14.2. The second kappa shape index (κ2) is 16.6. The van der Waals surface area contributed by atoms with Crippen LogP contribution in [0, 0.1) is 16.7 Å². The Balaban J connectivity index is 2.22. The predicted molar refractivity (Wildman–Crippen MR) is 186 cm³/mol. The van der Waals surface area contributed by atoms with E-state index in [0.29, 0.717) is 25.1 Å². The lowest BCUT2D eigenvalue weighted by atomic mass is 9.84. The molecule has 0 radical (unpaired) electrons. The van der Waals surface area contributed by atoms with E-state index in [4.69, 9.17) is 0 Å². The maximum Gasteiger partial charge on any atom is 0.249 e. The molecule has 0 spiro atoms. The summed E-state index contributed by atoms with van der Waals surface area (Å²) in [5, 5.41) is 6.23. The second-order valence-corrected chi connectivity index (χ2v) is 16.5. The Hall–Kier alpha value is -2.46. The monoisotopic (exact) mass is 647 g/mol. The molecule has 1 unspecified atom stereocenters. The number of likely N-dealkylation sites (tertiary alicyclic amines) is 2. The number of rotatable bonds is 13. The molecule has 0 aromatic carbocycles. The molecule has 0 aliphatic carbocycles. The Morgan fingerprint density at radius 2 is 1.48 bits per heavy atom. The highest BCUT2D eigenvalue weighted by atomic mass is 16.2. The van der Waals surface area contributed by atoms with Crippen molar-refractivity contribution in [2.75, 3.05) is 47.3 Å². The molecular formula is C36H66N6O4. The molecule has 2 rings (SSSR count). The van der Waals surface area contributed by atoms with Gasteiger partial charge in [-0.05, 0) is 83.8 Å². The maximum absolute atomic E-state index is 14.2. The summed E-state index contributed by atoms with van der Waals surface area (Å²) in [6, 6.07) is -1.61. The molecule has 4 amide bonds. The number of piperidine rings is 1. The molecule has 2 heterocycles. The van der Waals surface area contributed by atoms with Crippen LogP contribution in [-0.4, -0.2) is 121 Å². The average molecular weight is 647 g/mol. The summed E-state index contributed by atoms with van der Waals surface area (Å²) in [4.78, 5) is 62.5. The molecule has 2 N–H and O–H groups in total. The van der Waals surface area contributed by atoms with Gasteiger partial charge in [0.1, 0.15) is 12.1 Å². The molecule has 10 nitrogen and oxygen atoms in total. The van der Waals surface area contributed by atoms with E-state index in [-0.39, 0.29) is 53.1 Å². The first-order valence-electron chi connectivity index (χ1n) is 17.4. The number of hydrogen-bond acceptors (Lipinski definition) is 6. The van der Waals surface area contributed by atoms with Gasteiger partial charge in [-0.1, -0.05) is 61.0 Å². The number of likely N-dealkylation sites (N-methyl/N-ethyl adjacent to an activating group) is 1. The standard InChI is InChI=1S/C36H66N6O4/c1-24(2)29(21-26(5)33(45)42-20-16-18-27(42)31(43)37-22-36(9,10)23-39(11)12)40(13)34(46)30(35(6,7)8)38-32(44)28-17-14-15-19-41(28)25(3)4/h21,24-25,27-30H,14-20,22-23H2,1-13H3,(H,37,43)(H,38,44)/t27-,28+,29?,30+/m0/s1. The van der Waals surface area contributed by atoms with Crippen LogP contribution in [0.5, 0.6) is 0 Å². The van der Waals surface area contributed by atoms with E-state index < -0.39 is 17.5 Å². The fourth-order valence-electron chi connectivity index (χ4n) is 7.04. The SMILES string of the molecule is CC(=CC(C(C)C)N(C)C(=O)[C@@H](NC(=O)[C@H]1CCCCN1C(C)C)C(C)(C)C)C(=O)N1CCC[C@H]1C(=O)NCC(C)(C)CN(C)C. The third-order valence-corrected chi connectivity index (χ3v) is 9.45. The number of carbonyl (C=O) groups excluding carboxylic acids is 4. The molecule has 4 atom stereocenters. The van der Waals surface area contributed by atoms with E-state index in [2.05, 4.69) is 48.1 Å². The minimum Gasteiger partial charge on any atom is -0.354 e. The molecule has 264 valence electrons. The summed E-state index contributed by atoms with van der Waals surface area (Å²) in [6.07, 6.45) is 6.12. The molecule has 0 saturated carbocycles. The Kier molecular flexibility index (Phi) is 14.3. The van der Waals surface area contributed by atoms with E-state index >= 15 is 0 Å². The molecular weight excluding hydrogens is 580 g/mol. The van der Waals surface area contributed by atoms with Gasteiger partial charge in [0, 0.05) is 38.3 Å². The van der Waals surface area contributed by atoms with Crippen LogP contribution in [0.3, 0.4) is 0 Å². The highest BCUT2D eigenvalue weighted by molar-refractivity contribution is 5.97. The van der Waals surface area contributed by atoms with Crippen LogP contribution in [0.2, 0.25) is 0 Å². The van der Waals surface area contributed by atoms with Gasteiger partial charge in [-0.15, -0.1) is 0 Å². The molecule has 2 saturated heterocycles. The lowest BCUT2D eigenvalue weighted by Gasteiger charge is -2.41. The Morgan fingerprint density at radius 1 is 0.870 bits per heavy atom. The van der Waals surface area contributed by atoms with Crippen molar-refractivity contribution in [3.05, 3.63) is 11.6 Å². The van der Waals surface area contributed by atoms with Crippen molar-refractivity contribution < 1.29 is 19.2 Å². The van der Waals surface area contributed by atoms with Crippen LogP contribution in [0.15, 0.2) is 11.6 Å². The van der Waals surface area contributed by atoms with Gasteiger partial charge in [-0.2, -0.15) is 0 Å². The first kappa shape index (κ1) is 39.7. The largest absolute Gasteiger partial charge is 0.354 e. The fraction of sp³-hybridized carbons (Fsp3) is 0.833. The molecule has 2 fully saturated rings. The molecule has 46 heavy (non-hydrogen) atoms. The molecule has 0 aromatic heterocycles. The summed E-state index contributed by atoms with van der Waals surface area (Å²) < 4.78 is 0. The van der Waals surface area contributed by atoms with Gasteiger partial charge in [0.2, 0.25) is 23.6 Å². The average Bonchev–Trinajstić information content (AvgIpc) is 3.44. The predicted octanol–water partition coefficient (Wildman–Crippen LogP) is 3.90. The van der Waals surface area contributed by atoms with Crippen molar-refractivity contribution in [3.63, 3.8) is 0 Å². The van der Waals surface area contributed by atoms with Crippen LogP contribution in [0.1, 0.15) is 101 Å². The molecule has 0 bridgehead atoms. The molecule has 10 heteroatoms. The molecule has 0 aromatic rings. The smallest absolute Gasteiger partial charge is 0.249 e. The Bertz CT molecular complexity index is 1090. The van der Waals surface area contributed by atoms with Crippen LogP contribution < -0.4 is 10.6 Å². The van der Waals surface area contributed by atoms with Gasteiger partial charge in [0.25, 0.3) is 0 Å². The lowest BCUT2D eigenvalue weighted by Crippen LogP contribution is -2.60. The van der Waals surface area contributed by atoms with E-state index in [0.717, 1.165) is 38.8 Å². The van der Waals surface area contributed by atoms with Crippen molar-refractivity contribution in [2.45, 2.75) is 132 Å². The van der Waals surface area contributed by atoms with Crippen LogP contribution in [0.4, 0.5) is 0 Å². The van der Waals surface area contributed by atoms with Crippen LogP contribution in [-0.2, 0) is 19.2 Å². The molecule has 2 aliphatic rings. The first-order valence-corrected chi connectivity index (χ1v) is 17.4. The fourth-order valence-corrected chi connectivity index (χ4v) is 7.04. The van der Waals surface area contributed by atoms with Crippen molar-refractivity contribution in [1.29, 1.82) is 0 Å². The summed E-state index contributed by atoms with van der Waals surface area (Å²) in [6.45, 7) is 23.0. The Morgan fingerprint density at radius 3 is 2.02 bits per heavy atom. The van der Waals surface area contributed by atoms with E-state index in [9.17, 15) is 19.2 Å².